The van der Waals surface area contributed by atoms with E-state index in [4.69, 9.17) is 4.42 Å². The lowest BCUT2D eigenvalue weighted by molar-refractivity contribution is 0.363. The number of oxazole rings is 1. The van der Waals surface area contributed by atoms with Crippen molar-refractivity contribution in [3.8, 4) is 11.5 Å². The molecule has 0 aliphatic carbocycles. The Balaban J connectivity index is 1.64. The summed E-state index contributed by atoms with van der Waals surface area (Å²) in [5.41, 5.74) is 2.00. The van der Waals surface area contributed by atoms with Crippen LogP contribution in [-0.4, -0.2) is 20.8 Å². The van der Waals surface area contributed by atoms with Gasteiger partial charge in [0.15, 0.2) is 0 Å². The van der Waals surface area contributed by atoms with Crippen molar-refractivity contribution in [2.75, 3.05) is 0 Å². The molecule has 2 atom stereocenters. The lowest BCUT2D eigenvalue weighted by Crippen LogP contribution is -2.33. The predicted octanol–water partition coefficient (Wildman–Crippen LogP) is 3.65. The molecule has 0 saturated carbocycles. The second kappa shape index (κ2) is 6.46. The van der Waals surface area contributed by atoms with Gasteiger partial charge in [0.2, 0.25) is 5.89 Å². The first-order valence-electron chi connectivity index (χ1n) is 7.36. The number of nitrogens with one attached hydrogen (secondary N) is 1. The minimum Gasteiger partial charge on any atom is -0.441 e. The molecule has 22 heavy (non-hydrogen) atoms. The highest BCUT2D eigenvalue weighted by atomic mass is 32.1. The van der Waals surface area contributed by atoms with Crippen LogP contribution in [0.4, 0.5) is 0 Å². The van der Waals surface area contributed by atoms with Crippen LogP contribution < -0.4 is 5.32 Å². The number of aryl methyl sites for hydroxylation is 1. The third-order valence-corrected chi connectivity index (χ3v) is 4.60. The van der Waals surface area contributed by atoms with Crippen LogP contribution in [0.3, 0.4) is 0 Å². The third-order valence-electron chi connectivity index (χ3n) is 3.92. The molecule has 0 radical (unpaired) electrons. The van der Waals surface area contributed by atoms with Gasteiger partial charge in [-0.25, -0.2) is 4.98 Å². The van der Waals surface area contributed by atoms with Crippen molar-refractivity contribution in [3.63, 3.8) is 0 Å². The second-order valence-corrected chi connectivity index (χ2v) is 6.21. The van der Waals surface area contributed by atoms with Gasteiger partial charge in [-0.3, -0.25) is 4.68 Å². The molecule has 1 N–H and O–H groups in total. The van der Waals surface area contributed by atoms with Crippen LogP contribution in [0.25, 0.3) is 11.5 Å². The predicted molar refractivity (Wildman–Crippen MR) is 87.8 cm³/mol. The van der Waals surface area contributed by atoms with Gasteiger partial charge in [0.05, 0.1) is 11.7 Å². The third kappa shape index (κ3) is 3.13. The largest absolute Gasteiger partial charge is 0.441 e. The minimum atomic E-state index is 0.276. The molecule has 0 fully saturated rings. The molecule has 0 amide bonds. The molecular weight excluding hydrogens is 296 g/mol. The first kappa shape index (κ1) is 15.0. The van der Waals surface area contributed by atoms with Gasteiger partial charge in [-0.05, 0) is 38.3 Å². The van der Waals surface area contributed by atoms with Crippen molar-refractivity contribution in [3.05, 3.63) is 46.7 Å². The van der Waals surface area contributed by atoms with Crippen LogP contribution in [-0.2, 0) is 6.54 Å². The van der Waals surface area contributed by atoms with Crippen LogP contribution in [0, 0.1) is 6.92 Å². The number of nitrogens with zero attached hydrogens (tertiary/aromatic N) is 3. The van der Waals surface area contributed by atoms with Gasteiger partial charge in [0.1, 0.15) is 5.76 Å². The standard InChI is InChI=1S/C16H20N4OS/c1-11(12(2)20-7-4-6-18-20)17-9-15-13(3)21-16(19-15)14-5-8-22-10-14/h4-8,10-12,17H,9H2,1-3H3/t11-,12+/m1/s1. The molecule has 5 nitrogen and oxygen atoms in total. The van der Waals surface area contributed by atoms with Crippen molar-refractivity contribution in [1.82, 2.24) is 20.1 Å². The maximum atomic E-state index is 5.76. The van der Waals surface area contributed by atoms with Crippen molar-refractivity contribution < 1.29 is 4.42 Å². The summed E-state index contributed by atoms with van der Waals surface area (Å²) in [6.45, 7) is 6.95. The summed E-state index contributed by atoms with van der Waals surface area (Å²) in [6.07, 6.45) is 3.79. The van der Waals surface area contributed by atoms with Crippen molar-refractivity contribution >= 4 is 11.3 Å². The SMILES string of the molecule is Cc1oc(-c2ccsc2)nc1CN[C@H](C)[C@H](C)n1cccn1. The van der Waals surface area contributed by atoms with E-state index in [0.717, 1.165) is 17.0 Å². The molecule has 0 aromatic carbocycles. The Morgan fingerprint density at radius 2 is 2.27 bits per heavy atom. The van der Waals surface area contributed by atoms with E-state index in [2.05, 4.69) is 29.2 Å². The molecule has 0 aliphatic rings. The zero-order valence-electron chi connectivity index (χ0n) is 13.0. The average Bonchev–Trinajstić information content (AvgIpc) is 3.25. The Hall–Kier alpha value is -1.92. The molecule has 3 heterocycles. The summed E-state index contributed by atoms with van der Waals surface area (Å²) >= 11 is 1.64. The van der Waals surface area contributed by atoms with Gasteiger partial charge in [-0.1, -0.05) is 0 Å². The smallest absolute Gasteiger partial charge is 0.227 e. The van der Waals surface area contributed by atoms with Crippen molar-refractivity contribution in [2.45, 2.75) is 39.4 Å². The molecule has 116 valence electrons. The van der Waals surface area contributed by atoms with Crippen LogP contribution in [0.5, 0.6) is 0 Å². The van der Waals surface area contributed by atoms with Crippen molar-refractivity contribution in [2.24, 2.45) is 0 Å². The molecule has 3 aromatic heterocycles. The number of thiophene rings is 1. The topological polar surface area (TPSA) is 55.9 Å². The summed E-state index contributed by atoms with van der Waals surface area (Å²) < 4.78 is 7.72. The maximum absolute atomic E-state index is 5.76. The van der Waals surface area contributed by atoms with E-state index in [9.17, 15) is 0 Å². The van der Waals surface area contributed by atoms with E-state index >= 15 is 0 Å². The molecule has 3 aromatic rings. The first-order chi connectivity index (χ1) is 10.6. The van der Waals surface area contributed by atoms with Crippen LogP contribution >= 0.6 is 11.3 Å². The average molecular weight is 316 g/mol. The Labute approximate surface area is 134 Å². The highest BCUT2D eigenvalue weighted by molar-refractivity contribution is 7.08. The lowest BCUT2D eigenvalue weighted by Gasteiger charge is -2.21. The van der Waals surface area contributed by atoms with E-state index in [1.54, 1.807) is 17.5 Å². The van der Waals surface area contributed by atoms with Crippen molar-refractivity contribution in [1.29, 1.82) is 0 Å². The van der Waals surface area contributed by atoms with Crippen LogP contribution in [0.2, 0.25) is 0 Å². The fourth-order valence-corrected chi connectivity index (χ4v) is 2.91. The molecule has 0 unspecified atom stereocenters. The van der Waals surface area contributed by atoms with Gasteiger partial charge in [0, 0.05) is 35.9 Å². The first-order valence-corrected chi connectivity index (χ1v) is 8.31. The Bertz CT molecular complexity index is 703. The van der Waals surface area contributed by atoms with E-state index in [-0.39, 0.29) is 12.1 Å². The zero-order chi connectivity index (χ0) is 15.5. The number of hydrogen-bond acceptors (Lipinski definition) is 5. The van der Waals surface area contributed by atoms with Gasteiger partial charge in [-0.15, -0.1) is 0 Å². The van der Waals surface area contributed by atoms with Gasteiger partial charge >= 0.3 is 0 Å². The quantitative estimate of drug-likeness (QED) is 0.754. The molecule has 0 aliphatic heterocycles. The summed E-state index contributed by atoms with van der Waals surface area (Å²) in [5.74, 6) is 1.57. The fourth-order valence-electron chi connectivity index (χ4n) is 2.28. The summed E-state index contributed by atoms with van der Waals surface area (Å²) in [5, 5.41) is 11.9. The lowest BCUT2D eigenvalue weighted by atomic mass is 10.1. The molecule has 0 spiro atoms. The molecule has 0 saturated heterocycles. The number of hydrogen-bond donors (Lipinski definition) is 1. The van der Waals surface area contributed by atoms with Crippen LogP contribution in [0.15, 0.2) is 39.7 Å². The summed E-state index contributed by atoms with van der Waals surface area (Å²) in [6, 6.07) is 4.52. The van der Waals surface area contributed by atoms with Gasteiger partial charge in [-0.2, -0.15) is 16.4 Å². The highest BCUT2D eigenvalue weighted by Crippen LogP contribution is 2.24. The monoisotopic (exact) mass is 316 g/mol. The zero-order valence-corrected chi connectivity index (χ0v) is 13.8. The molecule has 6 heteroatoms. The maximum Gasteiger partial charge on any atom is 0.227 e. The van der Waals surface area contributed by atoms with Gasteiger partial charge in [0.25, 0.3) is 0 Å². The summed E-state index contributed by atoms with van der Waals surface area (Å²) in [7, 11) is 0. The Kier molecular flexibility index (Phi) is 4.40. The van der Waals surface area contributed by atoms with Gasteiger partial charge < -0.3 is 9.73 Å². The number of aromatic nitrogens is 3. The Morgan fingerprint density at radius 1 is 1.41 bits per heavy atom. The molecular formula is C16H20N4OS. The normalized spacial score (nSPS) is 14.1. The molecule has 3 rings (SSSR count). The highest BCUT2D eigenvalue weighted by Gasteiger charge is 2.16. The fraction of sp³-hybridized carbons (Fsp3) is 0.375. The number of rotatable bonds is 6. The minimum absolute atomic E-state index is 0.276. The van der Waals surface area contributed by atoms with E-state index in [1.165, 1.54) is 0 Å². The Morgan fingerprint density at radius 3 is 2.95 bits per heavy atom. The summed E-state index contributed by atoms with van der Waals surface area (Å²) in [4.78, 5) is 4.60. The van der Waals surface area contributed by atoms with E-state index < -0.39 is 0 Å². The van der Waals surface area contributed by atoms with Crippen LogP contribution in [0.1, 0.15) is 31.3 Å². The second-order valence-electron chi connectivity index (χ2n) is 5.43. The van der Waals surface area contributed by atoms with E-state index in [1.807, 2.05) is 40.7 Å². The van der Waals surface area contributed by atoms with E-state index in [0.29, 0.717) is 12.4 Å². The molecule has 0 bridgehead atoms.